The Morgan fingerprint density at radius 1 is 1.17 bits per heavy atom. The minimum Gasteiger partial charge on any atom is -0.308 e. The molecule has 0 aliphatic carbocycles. The van der Waals surface area contributed by atoms with Crippen LogP contribution in [-0.4, -0.2) is 41.1 Å². The lowest BCUT2D eigenvalue weighted by Crippen LogP contribution is -2.13. The Kier molecular flexibility index (Phi) is 4.10. The van der Waals surface area contributed by atoms with E-state index in [4.69, 9.17) is 5.10 Å². The lowest BCUT2D eigenvalue weighted by Gasteiger charge is -2.05. The zero-order valence-electron chi connectivity index (χ0n) is 16.5. The highest BCUT2D eigenvalue weighted by Gasteiger charge is 2.22. The molecule has 0 radical (unpaired) electrons. The van der Waals surface area contributed by atoms with Crippen LogP contribution in [0, 0.1) is 0 Å². The average molecular weight is 417 g/mol. The van der Waals surface area contributed by atoms with E-state index in [0.717, 1.165) is 56.4 Å². The van der Waals surface area contributed by atoms with Crippen LogP contribution in [0.4, 0.5) is 0 Å². The molecular weight excluding hydrogens is 396 g/mol. The van der Waals surface area contributed by atoms with Gasteiger partial charge in [-0.05, 0) is 43.1 Å². The summed E-state index contributed by atoms with van der Waals surface area (Å²) in [6.45, 7) is 1.06. The largest absolute Gasteiger partial charge is 0.308 e. The van der Waals surface area contributed by atoms with Gasteiger partial charge in [0, 0.05) is 42.4 Å². The topological polar surface area (TPSA) is 85.8 Å². The van der Waals surface area contributed by atoms with Gasteiger partial charge in [-0.1, -0.05) is 17.4 Å². The number of benzene rings is 1. The molecule has 1 unspecified atom stereocenters. The number of hydrogen-bond donors (Lipinski definition) is 1. The summed E-state index contributed by atoms with van der Waals surface area (Å²) in [5.74, 6) is 0.862. The Morgan fingerprint density at radius 3 is 2.97 bits per heavy atom. The molecular formula is C21H20N8S. The van der Waals surface area contributed by atoms with Gasteiger partial charge in [-0.2, -0.15) is 14.7 Å². The second-order valence-electron chi connectivity index (χ2n) is 7.73. The average Bonchev–Trinajstić information content (AvgIpc) is 3.53. The Hall–Kier alpha value is -3.17. The lowest BCUT2D eigenvalue weighted by molar-refractivity contribution is 0.627. The monoisotopic (exact) mass is 416 g/mol. The SMILES string of the molecule is Cn1cc(-c2cnc3ccc(Cc4nnc5sc(C6CCCN6)nn45)cc3c2)cn1. The van der Waals surface area contributed by atoms with Gasteiger partial charge in [0.15, 0.2) is 5.82 Å². The first-order valence-corrected chi connectivity index (χ1v) is 10.9. The molecule has 1 fully saturated rings. The molecule has 0 spiro atoms. The normalized spacial score (nSPS) is 16.8. The molecule has 5 aromatic rings. The molecule has 6 rings (SSSR count). The van der Waals surface area contributed by atoms with Crippen molar-refractivity contribution in [3.05, 3.63) is 59.3 Å². The fourth-order valence-electron chi connectivity index (χ4n) is 4.02. The van der Waals surface area contributed by atoms with Crippen LogP contribution in [0.25, 0.3) is 27.0 Å². The Bertz CT molecular complexity index is 1360. The van der Waals surface area contributed by atoms with E-state index in [1.807, 2.05) is 30.2 Å². The van der Waals surface area contributed by atoms with Crippen LogP contribution in [0.15, 0.2) is 42.9 Å². The highest BCUT2D eigenvalue weighted by Crippen LogP contribution is 2.28. The maximum atomic E-state index is 4.80. The summed E-state index contributed by atoms with van der Waals surface area (Å²) in [5, 5.41) is 23.5. The van der Waals surface area contributed by atoms with E-state index >= 15 is 0 Å². The van der Waals surface area contributed by atoms with Crippen molar-refractivity contribution in [2.45, 2.75) is 25.3 Å². The highest BCUT2D eigenvalue weighted by atomic mass is 32.1. The first kappa shape index (κ1) is 17.7. The summed E-state index contributed by atoms with van der Waals surface area (Å²) in [6, 6.07) is 8.85. The van der Waals surface area contributed by atoms with Crippen LogP contribution in [0.1, 0.15) is 35.3 Å². The second kappa shape index (κ2) is 6.96. The predicted octanol–water partition coefficient (Wildman–Crippen LogP) is 3.15. The fraction of sp³-hybridized carbons (Fsp3) is 0.286. The van der Waals surface area contributed by atoms with Crippen LogP contribution < -0.4 is 5.32 Å². The van der Waals surface area contributed by atoms with Crippen molar-refractivity contribution in [3.8, 4) is 11.1 Å². The van der Waals surface area contributed by atoms with Gasteiger partial charge in [0.25, 0.3) is 0 Å². The van der Waals surface area contributed by atoms with Gasteiger partial charge in [0.05, 0.1) is 17.8 Å². The smallest absolute Gasteiger partial charge is 0.234 e. The molecule has 30 heavy (non-hydrogen) atoms. The minimum atomic E-state index is 0.349. The van der Waals surface area contributed by atoms with Crippen LogP contribution in [0.3, 0.4) is 0 Å². The van der Waals surface area contributed by atoms with Crippen molar-refractivity contribution < 1.29 is 0 Å². The quantitative estimate of drug-likeness (QED) is 0.484. The number of hydrogen-bond acceptors (Lipinski definition) is 7. The third kappa shape index (κ3) is 3.06. The van der Waals surface area contributed by atoms with Gasteiger partial charge in [-0.3, -0.25) is 9.67 Å². The molecule has 8 nitrogen and oxygen atoms in total. The van der Waals surface area contributed by atoms with E-state index in [1.165, 1.54) is 6.42 Å². The van der Waals surface area contributed by atoms with Crippen LogP contribution >= 0.6 is 11.3 Å². The Balaban J connectivity index is 1.33. The molecule has 4 aromatic heterocycles. The van der Waals surface area contributed by atoms with E-state index in [2.05, 4.69) is 49.9 Å². The number of aryl methyl sites for hydroxylation is 1. The molecule has 5 heterocycles. The maximum absolute atomic E-state index is 4.80. The molecule has 1 aliphatic rings. The third-order valence-corrected chi connectivity index (χ3v) is 6.59. The highest BCUT2D eigenvalue weighted by molar-refractivity contribution is 7.16. The van der Waals surface area contributed by atoms with Gasteiger partial charge in [-0.15, -0.1) is 10.2 Å². The van der Waals surface area contributed by atoms with Crippen molar-refractivity contribution >= 4 is 27.2 Å². The van der Waals surface area contributed by atoms with E-state index in [9.17, 15) is 0 Å². The number of pyridine rings is 1. The molecule has 1 N–H and O–H groups in total. The minimum absolute atomic E-state index is 0.349. The number of fused-ring (bicyclic) bond motifs is 2. The molecule has 0 bridgehead atoms. The molecule has 1 atom stereocenters. The Labute approximate surface area is 176 Å². The summed E-state index contributed by atoms with van der Waals surface area (Å²) in [4.78, 5) is 5.47. The fourth-order valence-corrected chi connectivity index (χ4v) is 4.99. The number of nitrogens with one attached hydrogen (secondary N) is 1. The number of aromatic nitrogens is 7. The summed E-state index contributed by atoms with van der Waals surface area (Å²) in [5.41, 5.74) is 4.26. The lowest BCUT2D eigenvalue weighted by atomic mass is 10.0. The Morgan fingerprint density at radius 2 is 2.13 bits per heavy atom. The molecule has 0 amide bonds. The number of nitrogens with zero attached hydrogens (tertiary/aromatic N) is 7. The van der Waals surface area contributed by atoms with Crippen molar-refractivity contribution in [2.24, 2.45) is 7.05 Å². The molecule has 1 aliphatic heterocycles. The summed E-state index contributed by atoms with van der Waals surface area (Å²) in [7, 11) is 1.92. The first-order valence-electron chi connectivity index (χ1n) is 10.0. The molecule has 1 aromatic carbocycles. The second-order valence-corrected chi connectivity index (χ2v) is 8.72. The van der Waals surface area contributed by atoms with Gasteiger partial charge in [0.1, 0.15) is 5.01 Å². The van der Waals surface area contributed by atoms with E-state index in [1.54, 1.807) is 16.0 Å². The van der Waals surface area contributed by atoms with Crippen molar-refractivity contribution in [3.63, 3.8) is 0 Å². The summed E-state index contributed by atoms with van der Waals surface area (Å²) >= 11 is 1.63. The molecule has 9 heteroatoms. The third-order valence-electron chi connectivity index (χ3n) is 5.58. The zero-order valence-corrected chi connectivity index (χ0v) is 17.3. The maximum Gasteiger partial charge on any atom is 0.234 e. The first-order chi connectivity index (χ1) is 14.7. The van der Waals surface area contributed by atoms with Crippen molar-refractivity contribution in [1.29, 1.82) is 0 Å². The number of rotatable bonds is 4. The van der Waals surface area contributed by atoms with E-state index < -0.39 is 0 Å². The summed E-state index contributed by atoms with van der Waals surface area (Å²) < 4.78 is 3.70. The van der Waals surface area contributed by atoms with Gasteiger partial charge in [-0.25, -0.2) is 0 Å². The van der Waals surface area contributed by atoms with E-state index in [-0.39, 0.29) is 0 Å². The summed E-state index contributed by atoms with van der Waals surface area (Å²) in [6.07, 6.45) is 8.77. The standard InChI is InChI=1S/C21H20N8S/c1-28-12-16(11-24-28)15-9-14-7-13(4-5-17(14)23-10-15)8-19-25-26-21-29(19)27-20(30-21)18-3-2-6-22-18/h4-5,7,9-12,18,22H,2-3,6,8H2,1H3. The van der Waals surface area contributed by atoms with Gasteiger partial charge in [0.2, 0.25) is 4.96 Å². The van der Waals surface area contributed by atoms with E-state index in [0.29, 0.717) is 12.5 Å². The van der Waals surface area contributed by atoms with Crippen LogP contribution in [0.2, 0.25) is 0 Å². The predicted molar refractivity (Wildman–Crippen MR) is 115 cm³/mol. The molecule has 1 saturated heterocycles. The van der Waals surface area contributed by atoms with Crippen molar-refractivity contribution in [1.82, 2.24) is 39.9 Å². The van der Waals surface area contributed by atoms with Crippen molar-refractivity contribution in [2.75, 3.05) is 6.54 Å². The molecule has 0 saturated carbocycles. The zero-order chi connectivity index (χ0) is 20.1. The van der Waals surface area contributed by atoms with Crippen LogP contribution in [0.5, 0.6) is 0 Å². The van der Waals surface area contributed by atoms with Crippen LogP contribution in [-0.2, 0) is 13.5 Å². The van der Waals surface area contributed by atoms with Gasteiger partial charge < -0.3 is 5.32 Å². The molecule has 150 valence electrons. The van der Waals surface area contributed by atoms with Gasteiger partial charge >= 0.3 is 0 Å².